The number of fused-ring (bicyclic) bond motifs is 2. The second-order valence-electron chi connectivity index (χ2n) is 6.29. The van der Waals surface area contributed by atoms with Gasteiger partial charge in [-0.15, -0.1) is 0 Å². The first-order valence-electron chi connectivity index (χ1n) is 8.71. The Morgan fingerprint density at radius 1 is 0.929 bits per heavy atom. The van der Waals surface area contributed by atoms with E-state index in [1.54, 1.807) is 18.3 Å². The summed E-state index contributed by atoms with van der Waals surface area (Å²) in [7, 11) is 0. The maximum Gasteiger partial charge on any atom is 0.260 e. The van der Waals surface area contributed by atoms with Crippen molar-refractivity contribution in [2.24, 2.45) is 5.10 Å². The SMILES string of the molecule is O=C(Cn1c2ccccc2c(=O)c2ccccc21)N/N=C\c1ccc(I)cc1. The number of benzene rings is 3. The van der Waals surface area contributed by atoms with Crippen molar-refractivity contribution in [3.05, 3.63) is 92.2 Å². The largest absolute Gasteiger partial charge is 0.331 e. The van der Waals surface area contributed by atoms with E-state index in [0.29, 0.717) is 10.8 Å². The molecule has 0 unspecified atom stereocenters. The summed E-state index contributed by atoms with van der Waals surface area (Å²) in [5.74, 6) is -0.263. The highest BCUT2D eigenvalue weighted by atomic mass is 127. The zero-order valence-electron chi connectivity index (χ0n) is 14.8. The molecule has 138 valence electrons. The molecule has 1 aromatic heterocycles. The molecule has 0 spiro atoms. The third-order valence-electron chi connectivity index (χ3n) is 4.45. The summed E-state index contributed by atoms with van der Waals surface area (Å²) in [6.07, 6.45) is 1.61. The average molecular weight is 481 g/mol. The van der Waals surface area contributed by atoms with E-state index in [1.807, 2.05) is 65.2 Å². The van der Waals surface area contributed by atoms with E-state index in [0.717, 1.165) is 20.2 Å². The first kappa shape index (κ1) is 18.4. The van der Waals surface area contributed by atoms with Gasteiger partial charge in [0.25, 0.3) is 5.91 Å². The smallest absolute Gasteiger partial charge is 0.260 e. The molecule has 3 aromatic carbocycles. The summed E-state index contributed by atoms with van der Waals surface area (Å²) in [6.45, 7) is 0.0608. The average Bonchev–Trinajstić information content (AvgIpc) is 2.72. The molecule has 1 N–H and O–H groups in total. The van der Waals surface area contributed by atoms with E-state index in [-0.39, 0.29) is 17.9 Å². The number of para-hydroxylation sites is 2. The van der Waals surface area contributed by atoms with Crippen molar-refractivity contribution in [3.8, 4) is 0 Å². The van der Waals surface area contributed by atoms with Gasteiger partial charge in [0.1, 0.15) is 6.54 Å². The Hall–Kier alpha value is -3.00. The Morgan fingerprint density at radius 2 is 1.50 bits per heavy atom. The Morgan fingerprint density at radius 3 is 2.11 bits per heavy atom. The highest BCUT2D eigenvalue weighted by Crippen LogP contribution is 2.18. The molecule has 6 heteroatoms. The molecule has 0 radical (unpaired) electrons. The number of nitrogens with zero attached hydrogens (tertiary/aromatic N) is 2. The van der Waals surface area contributed by atoms with Crippen LogP contribution in [0, 0.1) is 3.57 Å². The lowest BCUT2D eigenvalue weighted by Crippen LogP contribution is -2.25. The van der Waals surface area contributed by atoms with Crippen LogP contribution in [0.1, 0.15) is 5.56 Å². The van der Waals surface area contributed by atoms with Crippen molar-refractivity contribution in [1.29, 1.82) is 0 Å². The van der Waals surface area contributed by atoms with Crippen molar-refractivity contribution in [3.63, 3.8) is 0 Å². The Kier molecular flexibility index (Phi) is 5.21. The van der Waals surface area contributed by atoms with Crippen LogP contribution in [0.5, 0.6) is 0 Å². The molecule has 0 aliphatic rings. The van der Waals surface area contributed by atoms with Crippen LogP contribution in [0.3, 0.4) is 0 Å². The van der Waals surface area contributed by atoms with Crippen LogP contribution in [0.15, 0.2) is 82.7 Å². The quantitative estimate of drug-likeness (QED) is 0.208. The molecular weight excluding hydrogens is 465 g/mol. The van der Waals surface area contributed by atoms with Gasteiger partial charge < -0.3 is 4.57 Å². The van der Waals surface area contributed by atoms with E-state index < -0.39 is 0 Å². The van der Waals surface area contributed by atoms with E-state index in [9.17, 15) is 9.59 Å². The van der Waals surface area contributed by atoms with Gasteiger partial charge in [-0.3, -0.25) is 9.59 Å². The van der Waals surface area contributed by atoms with Crippen LogP contribution in [-0.4, -0.2) is 16.7 Å². The monoisotopic (exact) mass is 481 g/mol. The standard InChI is InChI=1S/C22H16IN3O2/c23-16-11-9-15(10-12-16)13-24-25-21(27)14-26-19-7-3-1-5-17(19)22(28)18-6-2-4-8-20(18)26/h1-13H,14H2,(H,25,27)/b24-13-. The number of nitrogens with one attached hydrogen (secondary N) is 1. The number of hydrogen-bond donors (Lipinski definition) is 1. The minimum Gasteiger partial charge on any atom is -0.331 e. The highest BCUT2D eigenvalue weighted by Gasteiger charge is 2.12. The molecule has 1 amide bonds. The van der Waals surface area contributed by atoms with Gasteiger partial charge in [-0.05, 0) is 64.6 Å². The highest BCUT2D eigenvalue weighted by molar-refractivity contribution is 14.1. The number of amides is 1. The van der Waals surface area contributed by atoms with Crippen molar-refractivity contribution < 1.29 is 4.79 Å². The zero-order valence-corrected chi connectivity index (χ0v) is 17.0. The normalized spacial score (nSPS) is 11.3. The predicted octanol–water partition coefficient (Wildman–Crippen LogP) is 3.91. The number of hydrogen-bond acceptors (Lipinski definition) is 3. The van der Waals surface area contributed by atoms with Gasteiger partial charge in [0.2, 0.25) is 0 Å². The number of hydrazone groups is 1. The van der Waals surface area contributed by atoms with Crippen LogP contribution in [0.4, 0.5) is 0 Å². The van der Waals surface area contributed by atoms with E-state index >= 15 is 0 Å². The van der Waals surface area contributed by atoms with Gasteiger partial charge >= 0.3 is 0 Å². The van der Waals surface area contributed by atoms with Crippen LogP contribution in [-0.2, 0) is 11.3 Å². The van der Waals surface area contributed by atoms with Gasteiger partial charge in [0, 0.05) is 14.3 Å². The summed E-state index contributed by atoms with van der Waals surface area (Å²) < 4.78 is 2.98. The number of pyridine rings is 1. The second-order valence-corrected chi connectivity index (χ2v) is 7.54. The second kappa shape index (κ2) is 7.93. The van der Waals surface area contributed by atoms with Crippen LogP contribution >= 0.6 is 22.6 Å². The van der Waals surface area contributed by atoms with E-state index in [2.05, 4.69) is 33.1 Å². The lowest BCUT2D eigenvalue weighted by molar-refractivity contribution is -0.121. The molecule has 0 atom stereocenters. The minimum absolute atomic E-state index is 0.0282. The maximum absolute atomic E-state index is 12.7. The molecule has 0 bridgehead atoms. The Bertz CT molecular complexity index is 1200. The lowest BCUT2D eigenvalue weighted by atomic mass is 10.1. The molecule has 0 fully saturated rings. The molecule has 4 rings (SSSR count). The molecule has 5 nitrogen and oxygen atoms in total. The third kappa shape index (κ3) is 3.68. The van der Waals surface area contributed by atoms with Crippen molar-refractivity contribution >= 4 is 56.5 Å². The van der Waals surface area contributed by atoms with Gasteiger partial charge in [-0.25, -0.2) is 5.43 Å². The molecule has 0 saturated carbocycles. The number of aromatic nitrogens is 1. The fraction of sp³-hybridized carbons (Fsp3) is 0.0455. The number of rotatable bonds is 4. The van der Waals surface area contributed by atoms with Crippen molar-refractivity contribution in [2.75, 3.05) is 0 Å². The molecule has 0 aliphatic heterocycles. The Balaban J connectivity index is 1.65. The van der Waals surface area contributed by atoms with Gasteiger partial charge in [0.15, 0.2) is 5.43 Å². The summed E-state index contributed by atoms with van der Waals surface area (Å²) >= 11 is 2.23. The topological polar surface area (TPSA) is 63.5 Å². The predicted molar refractivity (Wildman–Crippen MR) is 121 cm³/mol. The fourth-order valence-electron chi connectivity index (χ4n) is 3.15. The minimum atomic E-state index is -0.263. The molecular formula is C22H16IN3O2. The maximum atomic E-state index is 12.7. The summed E-state index contributed by atoms with van der Waals surface area (Å²) in [5.41, 5.74) is 4.89. The molecule has 0 saturated heterocycles. The molecule has 0 aliphatic carbocycles. The molecule has 28 heavy (non-hydrogen) atoms. The van der Waals surface area contributed by atoms with Crippen LogP contribution in [0.25, 0.3) is 21.8 Å². The number of carbonyl (C=O) groups excluding carboxylic acids is 1. The lowest BCUT2D eigenvalue weighted by Gasteiger charge is -2.14. The van der Waals surface area contributed by atoms with Crippen molar-refractivity contribution in [1.82, 2.24) is 9.99 Å². The summed E-state index contributed by atoms with van der Waals surface area (Å²) in [5, 5.41) is 5.23. The first-order valence-corrected chi connectivity index (χ1v) is 9.79. The number of halogens is 1. The van der Waals surface area contributed by atoms with Crippen LogP contribution in [0.2, 0.25) is 0 Å². The molecule has 4 aromatic rings. The number of carbonyl (C=O) groups is 1. The van der Waals surface area contributed by atoms with Crippen LogP contribution < -0.4 is 10.9 Å². The fourth-order valence-corrected chi connectivity index (χ4v) is 3.51. The molecule has 1 heterocycles. The first-order chi connectivity index (χ1) is 13.6. The Labute approximate surface area is 174 Å². The summed E-state index contributed by atoms with van der Waals surface area (Å²) in [4.78, 5) is 25.2. The van der Waals surface area contributed by atoms with Gasteiger partial charge in [-0.1, -0.05) is 36.4 Å². The van der Waals surface area contributed by atoms with E-state index in [4.69, 9.17) is 0 Å². The van der Waals surface area contributed by atoms with Gasteiger partial charge in [0.05, 0.1) is 17.2 Å². The van der Waals surface area contributed by atoms with E-state index in [1.165, 1.54) is 0 Å². The zero-order chi connectivity index (χ0) is 19.5. The summed E-state index contributed by atoms with van der Waals surface area (Å²) in [6, 6.07) is 22.5. The van der Waals surface area contributed by atoms with Gasteiger partial charge in [-0.2, -0.15) is 5.10 Å². The third-order valence-corrected chi connectivity index (χ3v) is 5.17. The van der Waals surface area contributed by atoms with Crippen molar-refractivity contribution in [2.45, 2.75) is 6.54 Å².